The van der Waals surface area contributed by atoms with Crippen molar-refractivity contribution in [1.82, 2.24) is 0 Å². The molecule has 1 unspecified atom stereocenters. The zero-order chi connectivity index (χ0) is 14.8. The van der Waals surface area contributed by atoms with Gasteiger partial charge in [-0.3, -0.25) is 4.79 Å². The molecule has 1 saturated carbocycles. The Morgan fingerprint density at radius 2 is 1.95 bits per heavy atom. The number of hydrogen-bond donors (Lipinski definition) is 1. The van der Waals surface area contributed by atoms with E-state index in [0.29, 0.717) is 11.5 Å². The number of rotatable bonds is 7. The molecular weight excluding hydrogens is 280 g/mol. The summed E-state index contributed by atoms with van der Waals surface area (Å²) in [5.41, 5.74) is 0.546. The molecule has 0 amide bonds. The van der Waals surface area contributed by atoms with E-state index in [1.165, 1.54) is 19.2 Å². The number of benzene rings is 1. The summed E-state index contributed by atoms with van der Waals surface area (Å²) in [4.78, 5) is 11.4. The largest absolute Gasteiger partial charge is 0.481 e. The molecule has 0 radical (unpaired) electrons. The van der Waals surface area contributed by atoms with Crippen LogP contribution in [0.1, 0.15) is 24.3 Å². The lowest BCUT2D eigenvalue weighted by atomic mass is 10.0. The van der Waals surface area contributed by atoms with E-state index in [9.17, 15) is 13.2 Å². The van der Waals surface area contributed by atoms with E-state index in [-0.39, 0.29) is 17.3 Å². The monoisotopic (exact) mass is 298 g/mol. The lowest BCUT2D eigenvalue weighted by Crippen LogP contribution is -2.17. The third-order valence-electron chi connectivity index (χ3n) is 3.43. The van der Waals surface area contributed by atoms with Crippen molar-refractivity contribution in [2.75, 3.05) is 19.5 Å². The number of carbonyl (C=O) groups is 1. The molecule has 0 heterocycles. The Hall–Kier alpha value is -1.40. The van der Waals surface area contributed by atoms with Gasteiger partial charge in [-0.15, -0.1) is 0 Å². The fraction of sp³-hybridized carbons (Fsp3) is 0.500. The maximum atomic E-state index is 12.1. The van der Waals surface area contributed by atoms with Crippen molar-refractivity contribution >= 4 is 15.8 Å². The molecule has 1 atom stereocenters. The van der Waals surface area contributed by atoms with Crippen LogP contribution in [0.4, 0.5) is 0 Å². The molecule has 2 rings (SSSR count). The summed E-state index contributed by atoms with van der Waals surface area (Å²) in [6, 6.07) is 6.08. The van der Waals surface area contributed by atoms with E-state index in [1.54, 1.807) is 12.1 Å². The lowest BCUT2D eigenvalue weighted by molar-refractivity contribution is -0.140. The van der Waals surface area contributed by atoms with Gasteiger partial charge in [0.25, 0.3) is 0 Å². The molecule has 1 aliphatic carbocycles. The maximum Gasteiger partial charge on any atom is 0.313 e. The Labute approximate surface area is 118 Å². The van der Waals surface area contributed by atoms with Crippen molar-refractivity contribution in [3.8, 4) is 0 Å². The number of carboxylic acid groups (broad SMARTS) is 1. The van der Waals surface area contributed by atoms with Crippen LogP contribution in [0, 0.1) is 5.92 Å². The van der Waals surface area contributed by atoms with Gasteiger partial charge in [0.15, 0.2) is 9.84 Å². The van der Waals surface area contributed by atoms with Gasteiger partial charge in [0.05, 0.1) is 17.3 Å². The summed E-state index contributed by atoms with van der Waals surface area (Å²) < 4.78 is 29.0. The first-order valence-corrected chi connectivity index (χ1v) is 8.13. The number of methoxy groups -OCH3 is 1. The fourth-order valence-electron chi connectivity index (χ4n) is 2.08. The van der Waals surface area contributed by atoms with E-state index in [2.05, 4.69) is 0 Å². The lowest BCUT2D eigenvalue weighted by Gasteiger charge is -2.12. The van der Waals surface area contributed by atoms with Crippen molar-refractivity contribution < 1.29 is 23.1 Å². The summed E-state index contributed by atoms with van der Waals surface area (Å²) >= 11 is 0. The average Bonchev–Trinajstić information content (AvgIpc) is 3.19. The van der Waals surface area contributed by atoms with Gasteiger partial charge in [-0.2, -0.15) is 0 Å². The molecule has 1 aromatic carbocycles. The van der Waals surface area contributed by atoms with Crippen LogP contribution in [-0.2, 0) is 19.4 Å². The van der Waals surface area contributed by atoms with E-state index in [4.69, 9.17) is 9.84 Å². The van der Waals surface area contributed by atoms with Crippen LogP contribution in [0.2, 0.25) is 0 Å². The van der Waals surface area contributed by atoms with Crippen molar-refractivity contribution in [2.24, 2.45) is 5.92 Å². The van der Waals surface area contributed by atoms with Gasteiger partial charge >= 0.3 is 5.97 Å². The second-order valence-corrected chi connectivity index (χ2v) is 7.17. The number of hydrogen-bond acceptors (Lipinski definition) is 4. The van der Waals surface area contributed by atoms with Crippen LogP contribution < -0.4 is 0 Å². The Morgan fingerprint density at radius 3 is 2.40 bits per heavy atom. The van der Waals surface area contributed by atoms with Crippen LogP contribution >= 0.6 is 0 Å². The summed E-state index contributed by atoms with van der Waals surface area (Å²) in [7, 11) is -1.82. The molecule has 5 nitrogen and oxygen atoms in total. The van der Waals surface area contributed by atoms with Gasteiger partial charge in [-0.05, 0) is 36.5 Å². The summed E-state index contributed by atoms with van der Waals surface area (Å²) in [6.07, 6.45) is 1.96. The van der Waals surface area contributed by atoms with Crippen LogP contribution in [0.3, 0.4) is 0 Å². The number of aliphatic carboxylic acids is 1. The van der Waals surface area contributed by atoms with Gasteiger partial charge in [0.2, 0.25) is 0 Å². The number of ether oxygens (including phenoxy) is 1. The predicted octanol–water partition coefficient (Wildman–Crippen LogP) is 1.68. The Balaban J connectivity index is 2.18. The van der Waals surface area contributed by atoms with Crippen LogP contribution in [-0.4, -0.2) is 39.0 Å². The highest BCUT2D eigenvalue weighted by atomic mass is 32.2. The maximum absolute atomic E-state index is 12.1. The zero-order valence-electron chi connectivity index (χ0n) is 11.3. The average molecular weight is 298 g/mol. The minimum atomic E-state index is -3.25. The highest BCUT2D eigenvalue weighted by Gasteiger charge is 2.29. The molecule has 1 N–H and O–H groups in total. The molecular formula is C14H18O5S. The molecule has 20 heavy (non-hydrogen) atoms. The second kappa shape index (κ2) is 5.93. The molecule has 0 aliphatic heterocycles. The third kappa shape index (κ3) is 3.58. The molecule has 0 spiro atoms. The molecule has 1 aliphatic rings. The smallest absolute Gasteiger partial charge is 0.313 e. The highest BCUT2D eigenvalue weighted by Crippen LogP contribution is 2.32. The van der Waals surface area contributed by atoms with E-state index in [1.807, 2.05) is 0 Å². The Bertz CT molecular complexity index is 572. The van der Waals surface area contributed by atoms with Crippen molar-refractivity contribution in [1.29, 1.82) is 0 Å². The standard InChI is InChI=1S/C14H18O5S/c1-19-8-13(14(15)16)11-4-6-12(7-5-11)20(17,18)9-10-2-3-10/h4-7,10,13H,2-3,8-9H2,1H3,(H,15,16). The molecule has 110 valence electrons. The van der Waals surface area contributed by atoms with Gasteiger partial charge in [-0.1, -0.05) is 12.1 Å². The van der Waals surface area contributed by atoms with Gasteiger partial charge in [0.1, 0.15) is 5.92 Å². The first-order valence-electron chi connectivity index (χ1n) is 6.48. The van der Waals surface area contributed by atoms with Gasteiger partial charge in [0, 0.05) is 7.11 Å². The summed E-state index contributed by atoms with van der Waals surface area (Å²) in [5, 5.41) is 9.12. The normalized spacial score (nSPS) is 16.9. The topological polar surface area (TPSA) is 80.7 Å². The van der Waals surface area contributed by atoms with Crippen LogP contribution in [0.25, 0.3) is 0 Å². The van der Waals surface area contributed by atoms with Crippen LogP contribution in [0.15, 0.2) is 29.2 Å². The summed E-state index contributed by atoms with van der Waals surface area (Å²) in [5.74, 6) is -1.28. The van der Waals surface area contributed by atoms with E-state index < -0.39 is 21.7 Å². The molecule has 6 heteroatoms. The van der Waals surface area contributed by atoms with Crippen molar-refractivity contribution in [3.05, 3.63) is 29.8 Å². The Morgan fingerprint density at radius 1 is 1.35 bits per heavy atom. The summed E-state index contributed by atoms with van der Waals surface area (Å²) in [6.45, 7) is 0.0590. The molecule has 0 saturated heterocycles. The van der Waals surface area contributed by atoms with Gasteiger partial charge in [-0.25, -0.2) is 8.42 Å². The van der Waals surface area contributed by atoms with Gasteiger partial charge < -0.3 is 9.84 Å². The van der Waals surface area contributed by atoms with Crippen LogP contribution in [0.5, 0.6) is 0 Å². The molecule has 1 fully saturated rings. The molecule has 0 aromatic heterocycles. The minimum absolute atomic E-state index is 0.0590. The first-order chi connectivity index (χ1) is 9.44. The quantitative estimate of drug-likeness (QED) is 0.828. The SMILES string of the molecule is COCC(C(=O)O)c1ccc(S(=O)(=O)CC2CC2)cc1. The number of carboxylic acids is 1. The predicted molar refractivity (Wildman–Crippen MR) is 73.5 cm³/mol. The highest BCUT2D eigenvalue weighted by molar-refractivity contribution is 7.91. The first kappa shape index (κ1) is 15.0. The second-order valence-electron chi connectivity index (χ2n) is 5.14. The number of sulfone groups is 1. The zero-order valence-corrected chi connectivity index (χ0v) is 12.1. The third-order valence-corrected chi connectivity index (χ3v) is 5.33. The minimum Gasteiger partial charge on any atom is -0.481 e. The van der Waals surface area contributed by atoms with Crippen molar-refractivity contribution in [2.45, 2.75) is 23.7 Å². The molecule has 0 bridgehead atoms. The van der Waals surface area contributed by atoms with E-state index >= 15 is 0 Å². The van der Waals surface area contributed by atoms with E-state index in [0.717, 1.165) is 12.8 Å². The molecule has 1 aromatic rings. The Kier molecular flexibility index (Phi) is 4.45. The fourth-order valence-corrected chi connectivity index (χ4v) is 3.77. The van der Waals surface area contributed by atoms with Crippen molar-refractivity contribution in [3.63, 3.8) is 0 Å².